The summed E-state index contributed by atoms with van der Waals surface area (Å²) >= 11 is 12.9. The molecule has 0 aromatic heterocycles. The van der Waals surface area contributed by atoms with Gasteiger partial charge in [-0.3, -0.25) is 0 Å². The fourth-order valence-electron chi connectivity index (χ4n) is 1.30. The summed E-state index contributed by atoms with van der Waals surface area (Å²) in [5, 5.41) is 3.98. The Bertz CT molecular complexity index is 498. The normalized spacial score (nSPS) is 20.3. The highest BCUT2D eigenvalue weighted by Crippen LogP contribution is 2.26. The predicted octanol–water partition coefficient (Wildman–Crippen LogP) is 4.54. The number of allylic oxidation sites excluding steroid dienone is 3. The fourth-order valence-corrected chi connectivity index (χ4v) is 4.77. The second-order valence-electron chi connectivity index (χ2n) is 3.43. The molecule has 0 saturated carbocycles. The lowest BCUT2D eigenvalue weighted by molar-refractivity contribution is 1.66. The maximum Gasteiger partial charge on any atom is 0.0525 e. The first kappa shape index (κ1) is 13.1. The molecule has 1 atom stereocenters. The van der Waals surface area contributed by atoms with E-state index in [1.54, 1.807) is 0 Å². The van der Waals surface area contributed by atoms with Crippen LogP contribution in [-0.4, -0.2) is 5.08 Å². The summed E-state index contributed by atoms with van der Waals surface area (Å²) in [5.41, 5.74) is 1.15. The molecule has 1 aromatic carbocycles. The third-order valence-electron chi connectivity index (χ3n) is 2.12. The molecule has 2 rings (SSSR count). The summed E-state index contributed by atoms with van der Waals surface area (Å²) in [6.07, 6.45) is 8.24. The smallest absolute Gasteiger partial charge is 0.0525 e. The van der Waals surface area contributed by atoms with Gasteiger partial charge in [0, 0.05) is 9.93 Å². The van der Waals surface area contributed by atoms with Crippen LogP contribution < -0.4 is 0 Å². The third-order valence-corrected chi connectivity index (χ3v) is 6.18. The molecule has 0 nitrogen and oxygen atoms in total. The number of rotatable bonds is 3. The average molecular weight is 299 g/mol. The monoisotopic (exact) mass is 298 g/mol. The first-order valence-electron chi connectivity index (χ1n) is 5.06. The van der Waals surface area contributed by atoms with Crippen molar-refractivity contribution < 1.29 is 0 Å². The van der Waals surface area contributed by atoms with Crippen LogP contribution in [0.4, 0.5) is 0 Å². The van der Waals surface area contributed by atoms with Crippen LogP contribution in [0.5, 0.6) is 0 Å². The quantitative estimate of drug-likeness (QED) is 0.752. The van der Waals surface area contributed by atoms with E-state index in [2.05, 4.69) is 17.6 Å². The van der Waals surface area contributed by atoms with E-state index in [-0.39, 0.29) is 9.45 Å². The summed E-state index contributed by atoms with van der Waals surface area (Å²) in [7, 11) is 0.0473. The van der Waals surface area contributed by atoms with E-state index in [1.807, 2.05) is 48.2 Å². The van der Waals surface area contributed by atoms with Gasteiger partial charge in [-0.05, 0) is 40.4 Å². The number of halogens is 1. The van der Waals surface area contributed by atoms with E-state index in [0.717, 1.165) is 15.7 Å². The van der Waals surface area contributed by atoms with Crippen LogP contribution in [0.2, 0.25) is 5.02 Å². The van der Waals surface area contributed by atoms with Gasteiger partial charge in [0.1, 0.15) is 0 Å². The molecule has 0 saturated heterocycles. The molecule has 0 N–H and O–H groups in total. The van der Waals surface area contributed by atoms with Crippen LogP contribution in [0.15, 0.2) is 52.8 Å². The van der Waals surface area contributed by atoms with Gasteiger partial charge in [0.05, 0.1) is 5.08 Å². The number of hydrogen-bond donors (Lipinski definition) is 0. The van der Waals surface area contributed by atoms with Gasteiger partial charge in [0.15, 0.2) is 0 Å². The Morgan fingerprint density at radius 3 is 2.53 bits per heavy atom. The van der Waals surface area contributed by atoms with Crippen LogP contribution in [0, 0.1) is 0 Å². The minimum atomic E-state index is 0.0473. The van der Waals surface area contributed by atoms with E-state index in [0.29, 0.717) is 0 Å². The number of benzene rings is 1. The van der Waals surface area contributed by atoms with Gasteiger partial charge in [-0.25, -0.2) is 0 Å². The van der Waals surface area contributed by atoms with Crippen molar-refractivity contribution in [3.8, 4) is 0 Å². The van der Waals surface area contributed by atoms with Crippen molar-refractivity contribution in [2.75, 3.05) is 5.08 Å². The summed E-state index contributed by atoms with van der Waals surface area (Å²) in [6, 6.07) is 7.78. The number of hydrogen-bond acceptors (Lipinski definition) is 2. The number of thioether (sulfide) groups is 1. The maximum atomic E-state index is 5.82. The first-order chi connectivity index (χ1) is 8.24. The minimum Gasteiger partial charge on any atom is -0.114 e. The highest BCUT2D eigenvalue weighted by atomic mass is 35.5. The zero-order chi connectivity index (χ0) is 12.1. The zero-order valence-corrected chi connectivity index (χ0v) is 12.2. The van der Waals surface area contributed by atoms with Crippen LogP contribution in [0.1, 0.15) is 5.56 Å². The molecule has 0 amide bonds. The Hall–Kier alpha value is -0.350. The maximum absolute atomic E-state index is 5.82. The van der Waals surface area contributed by atoms with Crippen LogP contribution >= 0.6 is 23.4 Å². The molecule has 0 fully saturated rings. The molecule has 0 radical (unpaired) electrons. The summed E-state index contributed by atoms with van der Waals surface area (Å²) in [4.78, 5) is 1.28. The predicted molar refractivity (Wildman–Crippen MR) is 84.9 cm³/mol. The van der Waals surface area contributed by atoms with E-state index < -0.39 is 0 Å². The van der Waals surface area contributed by atoms with E-state index in [1.165, 1.54) is 4.91 Å². The standard InChI is InChI=1S/C13H11ClS3/c14-12-7-5-11(6-8-12)3-1-2-4-13-9-17(15)10-16-13/h1-9H,10H2. The second-order valence-corrected chi connectivity index (χ2v) is 7.85. The molecule has 4 heteroatoms. The molecule has 1 aliphatic rings. The Morgan fingerprint density at radius 2 is 1.88 bits per heavy atom. The third kappa shape index (κ3) is 4.43. The molecule has 1 aromatic rings. The van der Waals surface area contributed by atoms with E-state index in [4.69, 9.17) is 22.8 Å². The summed E-state index contributed by atoms with van der Waals surface area (Å²) in [5.74, 6) is 0. The van der Waals surface area contributed by atoms with Crippen molar-refractivity contribution in [3.63, 3.8) is 0 Å². The zero-order valence-electron chi connectivity index (χ0n) is 9.01. The minimum absolute atomic E-state index is 0.0473. The van der Waals surface area contributed by atoms with Crippen LogP contribution in [0.25, 0.3) is 6.08 Å². The molecule has 17 heavy (non-hydrogen) atoms. The van der Waals surface area contributed by atoms with Gasteiger partial charge in [0.2, 0.25) is 0 Å². The van der Waals surface area contributed by atoms with Crippen molar-refractivity contribution >= 4 is 50.1 Å². The molecule has 0 bridgehead atoms. The first-order valence-corrected chi connectivity index (χ1v) is 8.81. The SMILES string of the molecule is S=S1C=C(C=CC=Cc2ccc(Cl)cc2)SC1. The van der Waals surface area contributed by atoms with Gasteiger partial charge in [-0.1, -0.05) is 51.4 Å². The molecule has 1 unspecified atom stereocenters. The van der Waals surface area contributed by atoms with Gasteiger partial charge >= 0.3 is 0 Å². The van der Waals surface area contributed by atoms with Gasteiger partial charge in [-0.2, -0.15) is 0 Å². The lowest BCUT2D eigenvalue weighted by Crippen LogP contribution is -1.73. The molecule has 1 aliphatic heterocycles. The van der Waals surface area contributed by atoms with Crippen molar-refractivity contribution in [2.24, 2.45) is 0 Å². The van der Waals surface area contributed by atoms with Crippen LogP contribution in [0.3, 0.4) is 0 Å². The van der Waals surface area contributed by atoms with E-state index in [9.17, 15) is 0 Å². The molecule has 0 spiro atoms. The van der Waals surface area contributed by atoms with Crippen molar-refractivity contribution in [2.45, 2.75) is 0 Å². The van der Waals surface area contributed by atoms with E-state index >= 15 is 0 Å². The molecular formula is C13H11ClS3. The molecule has 0 aliphatic carbocycles. The lowest BCUT2D eigenvalue weighted by atomic mass is 10.2. The largest absolute Gasteiger partial charge is 0.114 e. The second kappa shape index (κ2) is 6.55. The lowest BCUT2D eigenvalue weighted by Gasteiger charge is -1.92. The van der Waals surface area contributed by atoms with Crippen molar-refractivity contribution in [1.29, 1.82) is 0 Å². The summed E-state index contributed by atoms with van der Waals surface area (Å²) < 4.78 is 0. The highest BCUT2D eigenvalue weighted by Gasteiger charge is 2.04. The summed E-state index contributed by atoms with van der Waals surface area (Å²) in [6.45, 7) is 0. The van der Waals surface area contributed by atoms with Gasteiger partial charge in [0.25, 0.3) is 0 Å². The Labute approximate surface area is 118 Å². The Morgan fingerprint density at radius 1 is 1.18 bits per heavy atom. The molecule has 1 heterocycles. The highest BCUT2D eigenvalue weighted by molar-refractivity contribution is 8.37. The van der Waals surface area contributed by atoms with Crippen LogP contribution in [-0.2, 0) is 20.6 Å². The fraction of sp³-hybridized carbons (Fsp3) is 0.0769. The van der Waals surface area contributed by atoms with Crippen molar-refractivity contribution in [3.05, 3.63) is 63.4 Å². The Kier molecular flexibility index (Phi) is 5.04. The Balaban J connectivity index is 1.93. The van der Waals surface area contributed by atoms with Gasteiger partial charge < -0.3 is 0 Å². The van der Waals surface area contributed by atoms with Crippen molar-refractivity contribution in [1.82, 2.24) is 0 Å². The average Bonchev–Trinajstić information content (AvgIpc) is 2.73. The topological polar surface area (TPSA) is 0 Å². The van der Waals surface area contributed by atoms with Gasteiger partial charge in [-0.15, -0.1) is 11.8 Å². The molecule has 88 valence electrons. The molecular weight excluding hydrogens is 288 g/mol.